The van der Waals surface area contributed by atoms with Crippen LogP contribution in [-0.4, -0.2) is 44.5 Å². The molecule has 5 heteroatoms. The van der Waals surface area contributed by atoms with E-state index in [1.165, 1.54) is 0 Å². The molecule has 1 aliphatic rings. The lowest BCUT2D eigenvalue weighted by Crippen LogP contribution is -2.52. The van der Waals surface area contributed by atoms with Gasteiger partial charge >= 0.3 is 6.03 Å². The highest BCUT2D eigenvalue weighted by Crippen LogP contribution is 2.11. The zero-order valence-corrected chi connectivity index (χ0v) is 11.6. The van der Waals surface area contributed by atoms with Gasteiger partial charge in [-0.25, -0.2) is 4.79 Å². The first-order valence-corrected chi connectivity index (χ1v) is 6.94. The molecule has 1 fully saturated rings. The molecule has 0 aliphatic carbocycles. The fraction of sp³-hybridized carbons (Fsp3) is 0.923. The number of nitrogens with one attached hydrogen (secondary N) is 2. The second-order valence-corrected chi connectivity index (χ2v) is 4.90. The molecule has 2 amide bonds. The van der Waals surface area contributed by atoms with Crippen LogP contribution in [0.25, 0.3) is 0 Å². The standard InChI is InChI=1S/C13H26N2O3/c1-3-5-7-17-10-13(9-14-12(16)15-13)11-18-8-6-4-2/h3-11H2,1-2H3,(H2,14,15,16). The number of hydrogen-bond donors (Lipinski definition) is 2. The summed E-state index contributed by atoms with van der Waals surface area (Å²) in [5, 5.41) is 5.70. The molecule has 1 heterocycles. The summed E-state index contributed by atoms with van der Waals surface area (Å²) in [6.07, 6.45) is 4.33. The molecule has 5 nitrogen and oxygen atoms in total. The third kappa shape index (κ3) is 5.23. The van der Waals surface area contributed by atoms with E-state index < -0.39 is 5.54 Å². The molecule has 1 saturated heterocycles. The minimum atomic E-state index is -0.390. The maximum absolute atomic E-state index is 11.3. The molecule has 0 spiro atoms. The maximum atomic E-state index is 11.3. The summed E-state index contributed by atoms with van der Waals surface area (Å²) in [4.78, 5) is 11.3. The van der Waals surface area contributed by atoms with E-state index in [0.717, 1.165) is 38.9 Å². The summed E-state index contributed by atoms with van der Waals surface area (Å²) in [7, 11) is 0. The molecule has 1 aliphatic heterocycles. The second-order valence-electron chi connectivity index (χ2n) is 4.90. The molecule has 0 unspecified atom stereocenters. The lowest BCUT2D eigenvalue weighted by atomic mass is 10.0. The van der Waals surface area contributed by atoms with E-state index in [1.54, 1.807) is 0 Å². The molecule has 1 rings (SSSR count). The van der Waals surface area contributed by atoms with Crippen LogP contribution in [0.3, 0.4) is 0 Å². The normalized spacial score (nSPS) is 17.6. The molecule has 0 atom stereocenters. The van der Waals surface area contributed by atoms with Crippen LogP contribution in [-0.2, 0) is 9.47 Å². The number of carbonyl (C=O) groups is 1. The fourth-order valence-corrected chi connectivity index (χ4v) is 1.82. The van der Waals surface area contributed by atoms with E-state index in [1.807, 2.05) is 0 Å². The van der Waals surface area contributed by atoms with Gasteiger partial charge in [0.15, 0.2) is 0 Å². The average molecular weight is 258 g/mol. The molecule has 0 bridgehead atoms. The monoisotopic (exact) mass is 258 g/mol. The van der Waals surface area contributed by atoms with Crippen molar-refractivity contribution in [2.45, 2.75) is 45.1 Å². The molecule has 0 saturated carbocycles. The van der Waals surface area contributed by atoms with Gasteiger partial charge in [-0.2, -0.15) is 0 Å². The van der Waals surface area contributed by atoms with Gasteiger partial charge in [0, 0.05) is 19.8 Å². The van der Waals surface area contributed by atoms with Crippen LogP contribution in [0.2, 0.25) is 0 Å². The minimum Gasteiger partial charge on any atom is -0.379 e. The Bertz CT molecular complexity index is 234. The summed E-state index contributed by atoms with van der Waals surface area (Å²) in [5.41, 5.74) is -0.390. The Balaban J connectivity index is 2.31. The van der Waals surface area contributed by atoms with E-state index >= 15 is 0 Å². The van der Waals surface area contributed by atoms with E-state index in [9.17, 15) is 4.79 Å². The lowest BCUT2D eigenvalue weighted by Gasteiger charge is -2.27. The predicted octanol–water partition coefficient (Wildman–Crippen LogP) is 1.67. The lowest BCUT2D eigenvalue weighted by molar-refractivity contribution is 0.0189. The number of amides is 2. The second kappa shape index (κ2) is 8.32. The van der Waals surface area contributed by atoms with Crippen LogP contribution in [0, 0.1) is 0 Å². The molecule has 106 valence electrons. The van der Waals surface area contributed by atoms with Crippen molar-refractivity contribution in [3.63, 3.8) is 0 Å². The van der Waals surface area contributed by atoms with Crippen molar-refractivity contribution < 1.29 is 14.3 Å². The Morgan fingerprint density at radius 1 is 1.11 bits per heavy atom. The first-order chi connectivity index (χ1) is 8.72. The summed E-state index contributed by atoms with van der Waals surface area (Å²) in [5.74, 6) is 0. The molecular weight excluding hydrogens is 232 g/mol. The number of rotatable bonds is 10. The highest BCUT2D eigenvalue weighted by molar-refractivity contribution is 5.77. The van der Waals surface area contributed by atoms with E-state index in [0.29, 0.717) is 19.8 Å². The SMILES string of the molecule is CCCCOCC1(COCCCC)CNC(=O)N1. The number of urea groups is 1. The molecule has 0 aromatic heterocycles. The largest absolute Gasteiger partial charge is 0.379 e. The van der Waals surface area contributed by atoms with Gasteiger partial charge in [-0.05, 0) is 12.8 Å². The summed E-state index contributed by atoms with van der Waals surface area (Å²) in [6.45, 7) is 7.34. The third-order valence-electron chi connectivity index (χ3n) is 3.01. The van der Waals surface area contributed by atoms with E-state index in [-0.39, 0.29) is 6.03 Å². The smallest absolute Gasteiger partial charge is 0.315 e. The van der Waals surface area contributed by atoms with Crippen molar-refractivity contribution in [3.8, 4) is 0 Å². The Morgan fingerprint density at radius 3 is 2.06 bits per heavy atom. The Hall–Kier alpha value is -0.810. The molecule has 2 N–H and O–H groups in total. The molecule has 18 heavy (non-hydrogen) atoms. The number of hydrogen-bond acceptors (Lipinski definition) is 3. The number of carbonyl (C=O) groups excluding carboxylic acids is 1. The molecule has 0 aromatic carbocycles. The summed E-state index contributed by atoms with van der Waals surface area (Å²) in [6, 6.07) is -0.131. The Morgan fingerprint density at radius 2 is 1.67 bits per heavy atom. The highest BCUT2D eigenvalue weighted by atomic mass is 16.5. The van der Waals surface area contributed by atoms with Gasteiger partial charge < -0.3 is 20.1 Å². The topological polar surface area (TPSA) is 59.6 Å². The van der Waals surface area contributed by atoms with Crippen LogP contribution in [0.5, 0.6) is 0 Å². The number of ether oxygens (including phenoxy) is 2. The third-order valence-corrected chi connectivity index (χ3v) is 3.01. The van der Waals surface area contributed by atoms with Gasteiger partial charge in [-0.3, -0.25) is 0 Å². The maximum Gasteiger partial charge on any atom is 0.315 e. The zero-order chi connectivity index (χ0) is 13.3. The fourth-order valence-electron chi connectivity index (χ4n) is 1.82. The van der Waals surface area contributed by atoms with Gasteiger partial charge in [0.2, 0.25) is 0 Å². The summed E-state index contributed by atoms with van der Waals surface area (Å²) < 4.78 is 11.3. The van der Waals surface area contributed by atoms with Gasteiger partial charge in [-0.15, -0.1) is 0 Å². The average Bonchev–Trinajstić information content (AvgIpc) is 2.73. The highest BCUT2D eigenvalue weighted by Gasteiger charge is 2.38. The van der Waals surface area contributed by atoms with Crippen LogP contribution >= 0.6 is 0 Å². The van der Waals surface area contributed by atoms with Gasteiger partial charge in [-0.1, -0.05) is 26.7 Å². The predicted molar refractivity (Wildman–Crippen MR) is 70.7 cm³/mol. The van der Waals surface area contributed by atoms with Crippen LogP contribution in [0.15, 0.2) is 0 Å². The molecular formula is C13H26N2O3. The Labute approximate surface area is 110 Å². The quantitative estimate of drug-likeness (QED) is 0.586. The van der Waals surface area contributed by atoms with Crippen LogP contribution in [0.4, 0.5) is 4.79 Å². The van der Waals surface area contributed by atoms with Crippen molar-refractivity contribution in [2.75, 3.05) is 33.0 Å². The van der Waals surface area contributed by atoms with Gasteiger partial charge in [0.25, 0.3) is 0 Å². The van der Waals surface area contributed by atoms with Gasteiger partial charge in [0.1, 0.15) is 5.54 Å². The van der Waals surface area contributed by atoms with Crippen LogP contribution in [0.1, 0.15) is 39.5 Å². The first kappa shape index (κ1) is 15.2. The van der Waals surface area contributed by atoms with Gasteiger partial charge in [0.05, 0.1) is 13.2 Å². The Kier molecular flexibility index (Phi) is 7.05. The minimum absolute atomic E-state index is 0.131. The summed E-state index contributed by atoms with van der Waals surface area (Å²) >= 11 is 0. The van der Waals surface area contributed by atoms with Crippen molar-refractivity contribution in [3.05, 3.63) is 0 Å². The molecule has 0 radical (unpaired) electrons. The van der Waals surface area contributed by atoms with Crippen molar-refractivity contribution in [2.24, 2.45) is 0 Å². The van der Waals surface area contributed by atoms with E-state index in [2.05, 4.69) is 24.5 Å². The van der Waals surface area contributed by atoms with Crippen molar-refractivity contribution in [1.29, 1.82) is 0 Å². The number of unbranched alkanes of at least 4 members (excludes halogenated alkanes) is 2. The zero-order valence-electron chi connectivity index (χ0n) is 11.6. The van der Waals surface area contributed by atoms with Crippen LogP contribution < -0.4 is 10.6 Å². The first-order valence-electron chi connectivity index (χ1n) is 6.94. The van der Waals surface area contributed by atoms with Crippen molar-refractivity contribution in [1.82, 2.24) is 10.6 Å². The van der Waals surface area contributed by atoms with E-state index in [4.69, 9.17) is 9.47 Å². The van der Waals surface area contributed by atoms with Crippen molar-refractivity contribution >= 4 is 6.03 Å². The molecule has 0 aromatic rings.